The third-order valence-corrected chi connectivity index (χ3v) is 8.44. The molecule has 4 aliphatic rings. The fourth-order valence-electron chi connectivity index (χ4n) is 6.79. The monoisotopic (exact) mass is 524 g/mol. The van der Waals surface area contributed by atoms with Crippen molar-refractivity contribution in [3.05, 3.63) is 42.5 Å². The molecule has 0 aromatic heterocycles. The van der Waals surface area contributed by atoms with Crippen molar-refractivity contribution in [2.45, 2.75) is 49.4 Å². The fourth-order valence-corrected chi connectivity index (χ4v) is 7.06. The number of fused-ring (bicyclic) bond motifs is 1. The molecule has 4 bridgehead atoms. The lowest BCUT2D eigenvalue weighted by molar-refractivity contribution is -0.214. The zero-order chi connectivity index (χ0) is 25.8. The van der Waals surface area contributed by atoms with Crippen molar-refractivity contribution in [2.75, 3.05) is 13.2 Å². The number of carbonyl (C=O) groups excluding carboxylic acids is 2. The molecule has 0 aliphatic heterocycles. The van der Waals surface area contributed by atoms with Crippen LogP contribution < -0.4 is 4.74 Å². The molecule has 11 heteroatoms. The van der Waals surface area contributed by atoms with E-state index in [0.717, 1.165) is 17.2 Å². The molecule has 0 saturated heterocycles. The van der Waals surface area contributed by atoms with Crippen molar-refractivity contribution in [1.82, 2.24) is 0 Å². The van der Waals surface area contributed by atoms with Gasteiger partial charge < -0.3 is 14.2 Å². The van der Waals surface area contributed by atoms with Crippen LogP contribution in [-0.2, 0) is 29.2 Å². The van der Waals surface area contributed by atoms with Gasteiger partial charge in [-0.1, -0.05) is 36.4 Å². The first-order valence-corrected chi connectivity index (χ1v) is 13.2. The second-order valence-corrected chi connectivity index (χ2v) is 11.9. The first-order valence-electron chi connectivity index (χ1n) is 11.7. The zero-order valence-electron chi connectivity index (χ0n) is 19.3. The van der Waals surface area contributed by atoms with Crippen LogP contribution in [0.25, 0.3) is 10.8 Å². The molecule has 0 spiro atoms. The Morgan fingerprint density at radius 1 is 1.03 bits per heavy atom. The van der Waals surface area contributed by atoms with E-state index in [1.54, 1.807) is 6.07 Å². The molecule has 4 aliphatic carbocycles. The van der Waals surface area contributed by atoms with Gasteiger partial charge in [0.15, 0.2) is 6.61 Å². The van der Waals surface area contributed by atoms with Crippen LogP contribution in [0.15, 0.2) is 42.5 Å². The van der Waals surface area contributed by atoms with Crippen LogP contribution >= 0.6 is 0 Å². The lowest BCUT2D eigenvalue weighted by Crippen LogP contribution is -2.59. The topological polar surface area (TPSA) is 116 Å². The smallest absolute Gasteiger partial charge is 0.465 e. The second kappa shape index (κ2) is 8.65. The molecule has 194 valence electrons. The van der Waals surface area contributed by atoms with Gasteiger partial charge in [0, 0.05) is 10.8 Å². The molecule has 4 saturated carbocycles. The fraction of sp³-hybridized carbons (Fsp3) is 0.520. The van der Waals surface area contributed by atoms with Crippen molar-refractivity contribution in [1.29, 1.82) is 0 Å². The summed E-state index contributed by atoms with van der Waals surface area (Å²) in [6.07, 6.45) is 3.67. The van der Waals surface area contributed by atoms with Crippen LogP contribution in [-0.4, -0.2) is 49.0 Å². The van der Waals surface area contributed by atoms with Crippen LogP contribution in [0.1, 0.15) is 38.5 Å². The maximum Gasteiger partial charge on any atom is 0.465 e. The molecule has 2 unspecified atom stereocenters. The molecule has 8 nitrogen and oxygen atoms in total. The maximum atomic E-state index is 13.7. The molecule has 36 heavy (non-hydrogen) atoms. The summed E-state index contributed by atoms with van der Waals surface area (Å²) >= 11 is 0. The highest BCUT2D eigenvalue weighted by molar-refractivity contribution is 7.87. The average molecular weight is 525 g/mol. The van der Waals surface area contributed by atoms with Gasteiger partial charge in [-0.05, 0) is 61.8 Å². The summed E-state index contributed by atoms with van der Waals surface area (Å²) in [6.45, 7) is -0.733. The predicted molar refractivity (Wildman–Crippen MR) is 123 cm³/mol. The number of esters is 2. The number of benzene rings is 2. The van der Waals surface area contributed by atoms with Crippen LogP contribution in [0.4, 0.5) is 8.78 Å². The van der Waals surface area contributed by atoms with Crippen molar-refractivity contribution < 1.29 is 45.6 Å². The summed E-state index contributed by atoms with van der Waals surface area (Å²) in [5.41, 5.74) is -1.52. The van der Waals surface area contributed by atoms with Crippen molar-refractivity contribution in [2.24, 2.45) is 17.3 Å². The Labute approximate surface area is 206 Å². The van der Waals surface area contributed by atoms with E-state index in [0.29, 0.717) is 37.9 Å². The maximum absolute atomic E-state index is 13.7. The van der Waals surface area contributed by atoms with E-state index in [4.69, 9.17) is 18.8 Å². The van der Waals surface area contributed by atoms with Gasteiger partial charge in [0.05, 0.1) is 6.61 Å². The van der Waals surface area contributed by atoms with E-state index >= 15 is 0 Å². The number of carbonyl (C=O) groups is 2. The van der Waals surface area contributed by atoms with Crippen LogP contribution in [0.5, 0.6) is 5.75 Å². The molecule has 2 atom stereocenters. The zero-order valence-corrected chi connectivity index (χ0v) is 20.1. The standard InChI is InChI=1S/C25H26F2O8S/c26-25(27,36(30,31)32)22(29)34-15-23-9-16-8-17(10-23)12-24(11-16,14-23)35-21(28)13-33-20-7-3-5-18-4-1-2-6-19(18)20/h1-7,16-17H,8-15H2,(H,30,31,32). The van der Waals surface area contributed by atoms with Crippen LogP contribution in [0.2, 0.25) is 0 Å². The molecule has 2 aromatic rings. The average Bonchev–Trinajstić information content (AvgIpc) is 2.79. The highest BCUT2D eigenvalue weighted by Crippen LogP contribution is 2.63. The highest BCUT2D eigenvalue weighted by atomic mass is 32.2. The number of hydrogen-bond donors (Lipinski definition) is 1. The van der Waals surface area contributed by atoms with Crippen molar-refractivity contribution in [3.63, 3.8) is 0 Å². The SMILES string of the molecule is O=C(COc1cccc2ccccc12)OC12CC3CC(CC(COC(=O)C(F)(F)S(=O)(=O)O)(C3)C1)C2. The van der Waals surface area contributed by atoms with Gasteiger partial charge in [-0.3, -0.25) is 4.55 Å². The lowest BCUT2D eigenvalue weighted by Gasteiger charge is -2.60. The van der Waals surface area contributed by atoms with Crippen molar-refractivity contribution >= 4 is 32.8 Å². The highest BCUT2D eigenvalue weighted by Gasteiger charge is 2.61. The Morgan fingerprint density at radius 2 is 1.69 bits per heavy atom. The van der Waals surface area contributed by atoms with E-state index in [-0.39, 0.29) is 18.4 Å². The van der Waals surface area contributed by atoms with E-state index in [1.165, 1.54) is 0 Å². The van der Waals surface area contributed by atoms with Gasteiger partial charge in [0.1, 0.15) is 11.4 Å². The number of ether oxygens (including phenoxy) is 3. The molecule has 0 amide bonds. The Bertz CT molecular complexity index is 1290. The van der Waals surface area contributed by atoms with Crippen LogP contribution in [0, 0.1) is 17.3 Å². The van der Waals surface area contributed by atoms with Gasteiger partial charge in [0.2, 0.25) is 0 Å². The first kappa shape index (κ1) is 24.9. The summed E-state index contributed by atoms with van der Waals surface area (Å²) in [5.74, 6) is -1.97. The molecular formula is C25H26F2O8S. The Morgan fingerprint density at radius 3 is 2.39 bits per heavy atom. The van der Waals surface area contributed by atoms with Gasteiger partial charge >= 0.3 is 27.3 Å². The number of hydrogen-bond acceptors (Lipinski definition) is 7. The van der Waals surface area contributed by atoms with Gasteiger partial charge in [-0.25, -0.2) is 9.59 Å². The largest absolute Gasteiger partial charge is 0.481 e. The molecule has 4 fully saturated rings. The van der Waals surface area contributed by atoms with E-state index in [9.17, 15) is 26.8 Å². The molecule has 1 N–H and O–H groups in total. The Hall–Kier alpha value is -2.79. The minimum absolute atomic E-state index is 0.166. The third-order valence-electron chi connectivity index (χ3n) is 7.63. The normalized spacial score (nSPS) is 29.2. The van der Waals surface area contributed by atoms with Gasteiger partial charge in [-0.2, -0.15) is 17.2 Å². The van der Waals surface area contributed by atoms with E-state index in [1.807, 2.05) is 36.4 Å². The number of alkyl halides is 2. The molecule has 6 rings (SSSR count). The minimum atomic E-state index is -5.94. The Kier molecular flexibility index (Phi) is 5.98. The summed E-state index contributed by atoms with van der Waals surface area (Å²) in [4.78, 5) is 24.6. The summed E-state index contributed by atoms with van der Waals surface area (Å²) in [7, 11) is -5.94. The molecule has 0 radical (unpaired) electrons. The van der Waals surface area contributed by atoms with Crippen LogP contribution in [0.3, 0.4) is 0 Å². The van der Waals surface area contributed by atoms with Gasteiger partial charge in [-0.15, -0.1) is 0 Å². The second-order valence-electron chi connectivity index (χ2n) is 10.5. The summed E-state index contributed by atoms with van der Waals surface area (Å²) in [6, 6.07) is 13.2. The summed E-state index contributed by atoms with van der Waals surface area (Å²) in [5, 5.41) is -3.20. The molecular weight excluding hydrogens is 498 g/mol. The van der Waals surface area contributed by atoms with Crippen molar-refractivity contribution in [3.8, 4) is 5.75 Å². The Balaban J connectivity index is 1.25. The van der Waals surface area contributed by atoms with E-state index in [2.05, 4.69) is 0 Å². The number of rotatable bonds is 8. The molecule has 2 aromatic carbocycles. The number of halogens is 2. The molecule has 0 heterocycles. The predicted octanol–water partition coefficient (Wildman–Crippen LogP) is 4.12. The van der Waals surface area contributed by atoms with E-state index < -0.39 is 44.9 Å². The first-order chi connectivity index (χ1) is 16.9. The van der Waals surface area contributed by atoms with Gasteiger partial charge in [0.25, 0.3) is 0 Å². The third kappa shape index (κ3) is 4.54. The lowest BCUT2D eigenvalue weighted by atomic mass is 9.48. The summed E-state index contributed by atoms with van der Waals surface area (Å²) < 4.78 is 74.1. The quantitative estimate of drug-likeness (QED) is 0.405. The minimum Gasteiger partial charge on any atom is -0.481 e.